The van der Waals surface area contributed by atoms with Crippen LogP contribution in [0.5, 0.6) is 0 Å². The van der Waals surface area contributed by atoms with Crippen LogP contribution in [-0.4, -0.2) is 18.0 Å². The molecule has 1 aromatic rings. The van der Waals surface area contributed by atoms with Crippen molar-refractivity contribution >= 4 is 33.6 Å². The Labute approximate surface area is 120 Å². The minimum absolute atomic E-state index is 0.0383. The molecule has 4 N–H and O–H groups in total. The molecule has 3 amide bonds. The Kier molecular flexibility index (Phi) is 4.98. The first kappa shape index (κ1) is 16.3. The van der Waals surface area contributed by atoms with Crippen LogP contribution >= 0.6 is 15.9 Å². The zero-order chi connectivity index (χ0) is 15.5. The van der Waals surface area contributed by atoms with Gasteiger partial charge in [0, 0.05) is 10.2 Å². The SMILES string of the molecule is CC(NC(N)=O)C(=O)Nc1ccc(Br)c(C(F)(F)F)c1. The van der Waals surface area contributed by atoms with E-state index in [1.807, 2.05) is 0 Å². The molecule has 0 aliphatic carbocycles. The Morgan fingerprint density at radius 2 is 1.95 bits per heavy atom. The first-order chi connectivity index (χ1) is 9.11. The Morgan fingerprint density at radius 3 is 2.45 bits per heavy atom. The summed E-state index contributed by atoms with van der Waals surface area (Å²) in [7, 11) is 0. The molecule has 1 atom stereocenters. The van der Waals surface area contributed by atoms with E-state index in [4.69, 9.17) is 5.73 Å². The molecular formula is C11H11BrF3N3O2. The number of benzene rings is 1. The Balaban J connectivity index is 2.89. The van der Waals surface area contributed by atoms with Gasteiger partial charge in [0.15, 0.2) is 0 Å². The number of carbonyl (C=O) groups excluding carboxylic acids is 2. The summed E-state index contributed by atoms with van der Waals surface area (Å²) in [6.45, 7) is 1.35. The summed E-state index contributed by atoms with van der Waals surface area (Å²) in [4.78, 5) is 22.2. The van der Waals surface area contributed by atoms with Crippen LogP contribution in [0.2, 0.25) is 0 Å². The lowest BCUT2D eigenvalue weighted by atomic mass is 10.2. The zero-order valence-electron chi connectivity index (χ0n) is 10.2. The van der Waals surface area contributed by atoms with Crippen LogP contribution in [0.15, 0.2) is 22.7 Å². The van der Waals surface area contributed by atoms with Gasteiger partial charge in [-0.2, -0.15) is 13.2 Å². The summed E-state index contributed by atoms with van der Waals surface area (Å²) in [6, 6.07) is 1.39. The molecule has 0 saturated carbocycles. The highest BCUT2D eigenvalue weighted by Gasteiger charge is 2.33. The maximum absolute atomic E-state index is 12.7. The van der Waals surface area contributed by atoms with Gasteiger partial charge >= 0.3 is 12.2 Å². The highest BCUT2D eigenvalue weighted by atomic mass is 79.9. The number of nitrogens with two attached hydrogens (primary N) is 1. The molecule has 0 bridgehead atoms. The van der Waals surface area contributed by atoms with Crippen LogP contribution in [0.25, 0.3) is 0 Å². The number of rotatable bonds is 3. The van der Waals surface area contributed by atoms with Crippen molar-refractivity contribution in [3.8, 4) is 0 Å². The molecule has 1 rings (SSSR count). The third-order valence-corrected chi connectivity index (χ3v) is 2.98. The fourth-order valence-corrected chi connectivity index (χ4v) is 1.82. The lowest BCUT2D eigenvalue weighted by molar-refractivity contribution is -0.138. The average molecular weight is 354 g/mol. The molecule has 0 saturated heterocycles. The number of hydrogen-bond donors (Lipinski definition) is 3. The van der Waals surface area contributed by atoms with Gasteiger partial charge in [-0.1, -0.05) is 15.9 Å². The minimum Gasteiger partial charge on any atom is -0.352 e. The number of hydrogen-bond acceptors (Lipinski definition) is 2. The van der Waals surface area contributed by atoms with Crippen molar-refractivity contribution < 1.29 is 22.8 Å². The smallest absolute Gasteiger partial charge is 0.352 e. The quantitative estimate of drug-likeness (QED) is 0.779. The zero-order valence-corrected chi connectivity index (χ0v) is 11.8. The number of anilines is 1. The van der Waals surface area contributed by atoms with Crippen molar-refractivity contribution in [1.29, 1.82) is 0 Å². The van der Waals surface area contributed by atoms with Crippen molar-refractivity contribution in [1.82, 2.24) is 5.32 Å². The summed E-state index contributed by atoms with van der Waals surface area (Å²) >= 11 is 2.79. The van der Waals surface area contributed by atoms with E-state index in [2.05, 4.69) is 26.6 Å². The summed E-state index contributed by atoms with van der Waals surface area (Å²) in [6.07, 6.45) is -4.54. The molecule has 1 unspecified atom stereocenters. The van der Waals surface area contributed by atoms with Gasteiger partial charge in [-0.3, -0.25) is 4.79 Å². The van der Waals surface area contributed by atoms with Crippen LogP contribution in [0, 0.1) is 0 Å². The van der Waals surface area contributed by atoms with Gasteiger partial charge in [0.05, 0.1) is 5.56 Å². The van der Waals surface area contributed by atoms with E-state index in [9.17, 15) is 22.8 Å². The molecule has 0 aliphatic rings. The normalized spacial score (nSPS) is 12.7. The van der Waals surface area contributed by atoms with Gasteiger partial charge in [0.1, 0.15) is 6.04 Å². The van der Waals surface area contributed by atoms with Gasteiger partial charge in [-0.15, -0.1) is 0 Å². The molecule has 0 aromatic heterocycles. The number of urea groups is 1. The van der Waals surface area contributed by atoms with Crippen LogP contribution < -0.4 is 16.4 Å². The lowest BCUT2D eigenvalue weighted by Gasteiger charge is -2.14. The van der Waals surface area contributed by atoms with E-state index in [1.165, 1.54) is 19.1 Å². The van der Waals surface area contributed by atoms with Crippen LogP contribution in [0.3, 0.4) is 0 Å². The third kappa shape index (κ3) is 4.41. The fraction of sp³-hybridized carbons (Fsp3) is 0.273. The molecule has 5 nitrogen and oxygen atoms in total. The fourth-order valence-electron chi connectivity index (χ4n) is 1.35. The van der Waals surface area contributed by atoms with Gasteiger partial charge in [-0.25, -0.2) is 4.79 Å². The summed E-state index contributed by atoms with van der Waals surface area (Å²) in [5, 5.41) is 4.37. The molecular weight excluding hydrogens is 343 g/mol. The van der Waals surface area contributed by atoms with E-state index in [0.29, 0.717) is 0 Å². The van der Waals surface area contributed by atoms with E-state index in [0.717, 1.165) is 6.07 Å². The maximum atomic E-state index is 12.7. The van der Waals surface area contributed by atoms with Crippen molar-refractivity contribution in [2.45, 2.75) is 19.1 Å². The van der Waals surface area contributed by atoms with Gasteiger partial charge in [0.2, 0.25) is 5.91 Å². The predicted molar refractivity (Wildman–Crippen MR) is 70.0 cm³/mol. The molecule has 0 spiro atoms. The van der Waals surface area contributed by atoms with E-state index >= 15 is 0 Å². The maximum Gasteiger partial charge on any atom is 0.417 e. The number of alkyl halides is 3. The standard InChI is InChI=1S/C11H11BrF3N3O2/c1-5(17-10(16)20)9(19)18-6-2-3-8(12)7(4-6)11(13,14)15/h2-5H,1H3,(H,18,19)(H3,16,17,20). The van der Waals surface area contributed by atoms with Crippen LogP contribution in [0.1, 0.15) is 12.5 Å². The Bertz CT molecular complexity index is 534. The van der Waals surface area contributed by atoms with Crippen molar-refractivity contribution in [3.05, 3.63) is 28.2 Å². The van der Waals surface area contributed by atoms with Crippen LogP contribution in [-0.2, 0) is 11.0 Å². The molecule has 0 heterocycles. The number of halogens is 4. The first-order valence-corrected chi connectivity index (χ1v) is 6.14. The summed E-state index contributed by atoms with van der Waals surface area (Å²) in [5.74, 6) is -0.681. The van der Waals surface area contributed by atoms with Crippen molar-refractivity contribution in [2.24, 2.45) is 5.73 Å². The molecule has 1 aromatic carbocycles. The predicted octanol–water partition coefficient (Wildman–Crippen LogP) is 2.46. The summed E-state index contributed by atoms with van der Waals surface area (Å²) < 4.78 is 37.9. The lowest BCUT2D eigenvalue weighted by Crippen LogP contribution is -2.44. The van der Waals surface area contributed by atoms with Gasteiger partial charge in [0.25, 0.3) is 0 Å². The molecule has 0 aliphatic heterocycles. The summed E-state index contributed by atoms with van der Waals surface area (Å²) in [5.41, 5.74) is 3.89. The molecule has 9 heteroatoms. The highest BCUT2D eigenvalue weighted by Crippen LogP contribution is 2.36. The van der Waals surface area contributed by atoms with Gasteiger partial charge in [-0.05, 0) is 25.1 Å². The Hall–Kier alpha value is -1.77. The van der Waals surface area contributed by atoms with E-state index in [-0.39, 0.29) is 10.2 Å². The second-order valence-corrected chi connectivity index (χ2v) is 4.77. The van der Waals surface area contributed by atoms with E-state index < -0.39 is 29.7 Å². The molecule has 20 heavy (non-hydrogen) atoms. The topological polar surface area (TPSA) is 84.2 Å². The molecule has 0 radical (unpaired) electrons. The second kappa shape index (κ2) is 6.12. The number of amides is 3. The average Bonchev–Trinajstić information content (AvgIpc) is 2.29. The second-order valence-electron chi connectivity index (χ2n) is 3.91. The van der Waals surface area contributed by atoms with Crippen molar-refractivity contribution in [2.75, 3.05) is 5.32 Å². The third-order valence-electron chi connectivity index (χ3n) is 2.29. The van der Waals surface area contributed by atoms with Crippen LogP contribution in [0.4, 0.5) is 23.7 Å². The molecule has 110 valence electrons. The minimum atomic E-state index is -4.54. The van der Waals surface area contributed by atoms with Crippen molar-refractivity contribution in [3.63, 3.8) is 0 Å². The number of nitrogens with one attached hydrogen (secondary N) is 2. The number of carbonyl (C=O) groups is 2. The largest absolute Gasteiger partial charge is 0.417 e. The van der Waals surface area contributed by atoms with E-state index in [1.54, 1.807) is 0 Å². The van der Waals surface area contributed by atoms with Gasteiger partial charge < -0.3 is 16.4 Å². The highest BCUT2D eigenvalue weighted by molar-refractivity contribution is 9.10. The monoisotopic (exact) mass is 353 g/mol. The number of primary amides is 1. The Morgan fingerprint density at radius 1 is 1.35 bits per heavy atom. The molecule has 0 fully saturated rings. The first-order valence-electron chi connectivity index (χ1n) is 5.35.